The van der Waals surface area contributed by atoms with E-state index in [9.17, 15) is 10.2 Å². The molecule has 0 atom stereocenters. The quantitative estimate of drug-likeness (QED) is 0.167. The van der Waals surface area contributed by atoms with E-state index in [4.69, 9.17) is 9.47 Å². The van der Waals surface area contributed by atoms with Gasteiger partial charge in [0.15, 0.2) is 0 Å². The van der Waals surface area contributed by atoms with E-state index in [-0.39, 0.29) is 26.4 Å². The molecule has 0 spiro atoms. The molecule has 4 nitrogen and oxygen atoms in total. The van der Waals surface area contributed by atoms with Crippen LogP contribution in [0.3, 0.4) is 0 Å². The summed E-state index contributed by atoms with van der Waals surface area (Å²) in [6, 6.07) is 50.9. The van der Waals surface area contributed by atoms with Crippen molar-refractivity contribution in [1.82, 2.24) is 0 Å². The van der Waals surface area contributed by atoms with Gasteiger partial charge in [-0.05, 0) is 89.6 Å². The Kier molecular flexibility index (Phi) is 7.95. The van der Waals surface area contributed by atoms with Gasteiger partial charge in [-0.15, -0.1) is 0 Å². The minimum atomic E-state index is -0.109. The smallest absolute Gasteiger partial charge is 0.128 e. The lowest BCUT2D eigenvalue weighted by atomic mass is 9.88. The van der Waals surface area contributed by atoms with Crippen LogP contribution in [-0.2, 0) is 0 Å². The fourth-order valence-electron chi connectivity index (χ4n) is 6.96. The van der Waals surface area contributed by atoms with Gasteiger partial charge in [-0.2, -0.15) is 0 Å². The fraction of sp³-hybridized carbons (Fsp3) is 0.0909. The van der Waals surface area contributed by atoms with E-state index in [2.05, 4.69) is 133 Å². The summed E-state index contributed by atoms with van der Waals surface area (Å²) < 4.78 is 12.6. The number of fused-ring (bicyclic) bond motifs is 4. The lowest BCUT2D eigenvalue weighted by molar-refractivity contribution is 0.200. The van der Waals surface area contributed by atoms with Gasteiger partial charge < -0.3 is 19.7 Å². The number of ether oxygens (including phenoxy) is 2. The molecule has 0 amide bonds. The van der Waals surface area contributed by atoms with Gasteiger partial charge in [-0.1, -0.05) is 121 Å². The number of aliphatic hydroxyl groups is 2. The SMILES string of the molecule is OCCOc1ccc2ccc(-c3cccc4ccccc34)cc2c1-c1c(OCCO)ccc2ccc(-c3cccc4ccccc34)cc12. The number of aliphatic hydroxyl groups excluding tert-OH is 2. The maximum absolute atomic E-state index is 9.81. The van der Waals surface area contributed by atoms with Crippen molar-refractivity contribution in [3.8, 4) is 44.9 Å². The molecule has 0 heterocycles. The highest BCUT2D eigenvalue weighted by molar-refractivity contribution is 6.12. The zero-order chi connectivity index (χ0) is 32.5. The first kappa shape index (κ1) is 29.7. The van der Waals surface area contributed by atoms with E-state index < -0.39 is 0 Å². The van der Waals surface area contributed by atoms with Crippen molar-refractivity contribution in [3.05, 3.63) is 146 Å². The highest BCUT2D eigenvalue weighted by Gasteiger charge is 2.21. The Bertz CT molecular complexity index is 2260. The molecule has 0 fully saturated rings. The van der Waals surface area contributed by atoms with Gasteiger partial charge in [0, 0.05) is 11.1 Å². The monoisotopic (exact) mass is 626 g/mol. The van der Waals surface area contributed by atoms with Crippen LogP contribution in [0, 0.1) is 0 Å². The third-order valence-corrected chi connectivity index (χ3v) is 9.12. The number of hydrogen-bond donors (Lipinski definition) is 2. The Hall–Kier alpha value is -5.68. The Morgan fingerprint density at radius 3 is 1.23 bits per heavy atom. The third kappa shape index (κ3) is 5.31. The zero-order valence-electron chi connectivity index (χ0n) is 26.4. The molecule has 8 aromatic rings. The highest BCUT2D eigenvalue weighted by Crippen LogP contribution is 2.47. The Morgan fingerprint density at radius 1 is 0.375 bits per heavy atom. The minimum Gasteiger partial charge on any atom is -0.491 e. The first-order valence-corrected chi connectivity index (χ1v) is 16.3. The second-order valence-electron chi connectivity index (χ2n) is 11.9. The van der Waals surface area contributed by atoms with Gasteiger partial charge in [0.05, 0.1) is 13.2 Å². The van der Waals surface area contributed by atoms with Crippen LogP contribution in [0.4, 0.5) is 0 Å². The van der Waals surface area contributed by atoms with Gasteiger partial charge in [-0.25, -0.2) is 0 Å². The molecule has 0 bridgehead atoms. The molecule has 0 unspecified atom stereocenters. The molecule has 0 aliphatic carbocycles. The molecule has 0 aliphatic rings. The largest absolute Gasteiger partial charge is 0.491 e. The van der Waals surface area contributed by atoms with Crippen molar-refractivity contribution in [2.24, 2.45) is 0 Å². The van der Waals surface area contributed by atoms with Crippen LogP contribution in [0.15, 0.2) is 146 Å². The summed E-state index contributed by atoms with van der Waals surface area (Å²) >= 11 is 0. The van der Waals surface area contributed by atoms with Crippen molar-refractivity contribution in [2.45, 2.75) is 0 Å². The fourth-order valence-corrected chi connectivity index (χ4v) is 6.96. The lowest BCUT2D eigenvalue weighted by Crippen LogP contribution is -2.05. The summed E-state index contributed by atoms with van der Waals surface area (Å²) in [5, 5.41) is 28.5. The van der Waals surface area contributed by atoms with E-state index in [0.29, 0.717) is 11.5 Å². The Morgan fingerprint density at radius 2 is 0.771 bits per heavy atom. The molecule has 4 heteroatoms. The van der Waals surface area contributed by atoms with E-state index >= 15 is 0 Å². The topological polar surface area (TPSA) is 58.9 Å². The maximum atomic E-state index is 9.81. The predicted molar refractivity (Wildman–Crippen MR) is 198 cm³/mol. The van der Waals surface area contributed by atoms with Crippen molar-refractivity contribution in [1.29, 1.82) is 0 Å². The molecular weight excluding hydrogens is 592 g/mol. The average molecular weight is 627 g/mol. The van der Waals surface area contributed by atoms with Crippen molar-refractivity contribution >= 4 is 43.1 Å². The van der Waals surface area contributed by atoms with Gasteiger partial charge in [0.25, 0.3) is 0 Å². The molecule has 0 aliphatic heterocycles. The van der Waals surface area contributed by atoms with E-state index in [0.717, 1.165) is 54.9 Å². The summed E-state index contributed by atoms with van der Waals surface area (Å²) in [6.45, 7) is 0.0884. The zero-order valence-corrected chi connectivity index (χ0v) is 26.4. The van der Waals surface area contributed by atoms with E-state index in [1.54, 1.807) is 0 Å². The van der Waals surface area contributed by atoms with E-state index in [1.165, 1.54) is 21.5 Å². The van der Waals surface area contributed by atoms with Crippen molar-refractivity contribution in [3.63, 3.8) is 0 Å². The molecule has 48 heavy (non-hydrogen) atoms. The maximum Gasteiger partial charge on any atom is 0.128 e. The third-order valence-electron chi connectivity index (χ3n) is 9.12. The first-order chi connectivity index (χ1) is 23.7. The second-order valence-corrected chi connectivity index (χ2v) is 11.9. The predicted octanol–water partition coefficient (Wildman–Crippen LogP) is 10.0. The second kappa shape index (κ2) is 12.8. The van der Waals surface area contributed by atoms with Crippen LogP contribution < -0.4 is 9.47 Å². The van der Waals surface area contributed by atoms with Crippen LogP contribution in [0.5, 0.6) is 11.5 Å². The lowest BCUT2D eigenvalue weighted by Gasteiger charge is -2.20. The summed E-state index contributed by atoms with van der Waals surface area (Å²) in [5.74, 6) is 1.31. The summed E-state index contributed by atoms with van der Waals surface area (Å²) in [6.07, 6.45) is 0. The molecule has 0 saturated heterocycles. The normalized spacial score (nSPS) is 11.5. The summed E-state index contributed by atoms with van der Waals surface area (Å²) in [5.41, 5.74) is 6.25. The van der Waals surface area contributed by atoms with Gasteiger partial charge >= 0.3 is 0 Å². The molecular formula is C44H34O4. The molecule has 0 saturated carbocycles. The molecule has 0 aromatic heterocycles. The number of rotatable bonds is 9. The van der Waals surface area contributed by atoms with Crippen LogP contribution >= 0.6 is 0 Å². The van der Waals surface area contributed by atoms with Crippen LogP contribution in [-0.4, -0.2) is 36.6 Å². The molecule has 2 N–H and O–H groups in total. The summed E-state index contributed by atoms with van der Waals surface area (Å²) in [7, 11) is 0. The number of hydrogen-bond acceptors (Lipinski definition) is 4. The van der Waals surface area contributed by atoms with Gasteiger partial charge in [0.2, 0.25) is 0 Å². The highest BCUT2D eigenvalue weighted by atomic mass is 16.5. The summed E-state index contributed by atoms with van der Waals surface area (Å²) in [4.78, 5) is 0. The molecule has 8 rings (SSSR count). The van der Waals surface area contributed by atoms with Crippen LogP contribution in [0.1, 0.15) is 0 Å². The van der Waals surface area contributed by atoms with Crippen molar-refractivity contribution in [2.75, 3.05) is 26.4 Å². The van der Waals surface area contributed by atoms with Gasteiger partial charge in [-0.3, -0.25) is 0 Å². The first-order valence-electron chi connectivity index (χ1n) is 16.3. The standard InChI is InChI=1S/C44H34O4/c45-23-25-47-41-21-19-31-15-17-33(37-13-5-9-29-7-1-3-11-35(29)37)27-39(31)43(41)44-40-28-34(18-16-32(40)20-22-42(44)48-26-24-46)38-14-6-10-30-8-2-4-12-36(30)38/h1-22,27-28,45-46H,23-26H2. The van der Waals surface area contributed by atoms with E-state index in [1.807, 2.05) is 12.1 Å². The molecule has 8 aromatic carbocycles. The molecule has 0 radical (unpaired) electrons. The Balaban J connectivity index is 1.44. The van der Waals surface area contributed by atoms with Crippen LogP contribution in [0.25, 0.3) is 76.5 Å². The van der Waals surface area contributed by atoms with Crippen molar-refractivity contribution < 1.29 is 19.7 Å². The Labute approximate surface area is 279 Å². The average Bonchev–Trinajstić information content (AvgIpc) is 3.15. The minimum absolute atomic E-state index is 0.109. The number of benzene rings is 8. The molecule has 234 valence electrons. The van der Waals surface area contributed by atoms with Crippen LogP contribution in [0.2, 0.25) is 0 Å². The van der Waals surface area contributed by atoms with Gasteiger partial charge in [0.1, 0.15) is 24.7 Å².